The molecule has 0 aliphatic rings. The molecule has 4 aromatic carbocycles. The molecule has 0 aromatic heterocycles. The zero-order valence-corrected chi connectivity index (χ0v) is 30.7. The molecular formula is C40H50F2N2O7. The zero-order valence-electron chi connectivity index (χ0n) is 30.7. The third kappa shape index (κ3) is 16.3. The number of rotatable bonds is 7. The molecule has 4 rings (SSSR count). The highest BCUT2D eigenvalue weighted by molar-refractivity contribution is 5.82. The molecular weight excluding hydrogens is 658 g/mol. The number of carbonyl (C=O) groups is 3. The van der Waals surface area contributed by atoms with Crippen molar-refractivity contribution in [3.8, 4) is 5.75 Å². The van der Waals surface area contributed by atoms with E-state index in [1.807, 2.05) is 82.3 Å². The van der Waals surface area contributed by atoms with E-state index in [-0.39, 0.29) is 17.5 Å². The molecule has 0 aliphatic carbocycles. The molecule has 0 heterocycles. The number of primary amides is 1. The van der Waals surface area contributed by atoms with Crippen molar-refractivity contribution in [1.29, 1.82) is 0 Å². The highest BCUT2D eigenvalue weighted by Gasteiger charge is 2.28. The van der Waals surface area contributed by atoms with Crippen molar-refractivity contribution >= 4 is 18.0 Å². The minimum atomic E-state index is -1.18. The molecule has 2 unspecified atom stereocenters. The van der Waals surface area contributed by atoms with E-state index in [0.717, 1.165) is 23.3 Å². The lowest BCUT2D eigenvalue weighted by molar-refractivity contribution is -0.155. The molecule has 276 valence electrons. The van der Waals surface area contributed by atoms with Crippen LogP contribution in [0.5, 0.6) is 5.75 Å². The number of nitrogens with two attached hydrogens (primary N) is 2. The second kappa shape index (κ2) is 20.4. The van der Waals surface area contributed by atoms with Gasteiger partial charge in [0.2, 0.25) is 0 Å². The van der Waals surface area contributed by atoms with E-state index < -0.39 is 40.8 Å². The number of halogens is 2. The molecule has 2 atom stereocenters. The minimum absolute atomic E-state index is 0.0557. The van der Waals surface area contributed by atoms with Gasteiger partial charge in [0.15, 0.2) is 0 Å². The van der Waals surface area contributed by atoms with Gasteiger partial charge in [-0.05, 0) is 102 Å². The van der Waals surface area contributed by atoms with Gasteiger partial charge < -0.3 is 30.8 Å². The van der Waals surface area contributed by atoms with Gasteiger partial charge in [-0.15, -0.1) is 0 Å². The molecule has 11 heteroatoms. The highest BCUT2D eigenvalue weighted by atomic mass is 19.1. The van der Waals surface area contributed by atoms with Crippen molar-refractivity contribution in [2.75, 3.05) is 14.2 Å². The molecule has 0 saturated carbocycles. The summed E-state index contributed by atoms with van der Waals surface area (Å²) in [5.41, 5.74) is 11.8. The van der Waals surface area contributed by atoms with Gasteiger partial charge in [0, 0.05) is 6.07 Å². The van der Waals surface area contributed by atoms with Crippen LogP contribution in [0.1, 0.15) is 81.2 Å². The first kappa shape index (κ1) is 43.7. The Morgan fingerprint density at radius 3 is 1.47 bits per heavy atom. The average Bonchev–Trinajstić information content (AvgIpc) is 3.02. The molecule has 0 radical (unpaired) electrons. The Balaban J connectivity index is 0.000000406. The number of aryl methyl sites for hydroxylation is 1. The zero-order chi connectivity index (χ0) is 38.9. The summed E-state index contributed by atoms with van der Waals surface area (Å²) in [4.78, 5) is 34.0. The van der Waals surface area contributed by atoms with Crippen molar-refractivity contribution in [2.45, 2.75) is 71.5 Å². The molecule has 5 N–H and O–H groups in total. The lowest BCUT2D eigenvalue weighted by atomic mass is 9.90. The lowest BCUT2D eigenvalue weighted by Crippen LogP contribution is -2.28. The maximum Gasteiger partial charge on any atom is 0.405 e. The van der Waals surface area contributed by atoms with Gasteiger partial charge in [-0.2, -0.15) is 0 Å². The largest absolute Gasteiger partial charge is 0.497 e. The van der Waals surface area contributed by atoms with Crippen LogP contribution in [0.3, 0.4) is 0 Å². The van der Waals surface area contributed by atoms with E-state index in [1.165, 1.54) is 19.7 Å². The van der Waals surface area contributed by atoms with Gasteiger partial charge in [0.1, 0.15) is 40.4 Å². The minimum Gasteiger partial charge on any atom is -0.497 e. The molecule has 0 aliphatic heterocycles. The second-order valence-corrected chi connectivity index (χ2v) is 13.1. The Morgan fingerprint density at radius 2 is 1.08 bits per heavy atom. The Morgan fingerprint density at radius 1 is 0.647 bits per heavy atom. The quantitative estimate of drug-likeness (QED) is 0.163. The standard InChI is InChI=1S/C19H22O2.C15H12F2O3.C5H11NO2.CH5N/c1-14-10-12-16(13-11-14)17(15-8-6-5-7-9-15)18(20)21-19(2,3)4;1-20-13-4-2-9(3-5-13)14(15(18)19)10-6-11(16)8-12(17)7-10;1-5(2,3)8-4(6)7;1-2/h5-13,17H,1-4H3;2-8,14H,1H3,(H,18,19);1-3H3,(H2,6,7);2H2,1H3. The Bertz CT molecular complexity index is 1650. The first-order valence-corrected chi connectivity index (χ1v) is 16.0. The SMILES string of the molecule is CC(C)(C)OC(N)=O.CN.COc1ccc(C(C(=O)O)c2cc(F)cc(F)c2)cc1.Cc1ccc(C(C(=O)OC(C)(C)C)c2ccccc2)cc1. The summed E-state index contributed by atoms with van der Waals surface area (Å²) in [5, 5.41) is 9.31. The fraction of sp³-hybridized carbons (Fsp3) is 0.325. The number of amides is 1. The van der Waals surface area contributed by atoms with E-state index in [4.69, 9.17) is 15.2 Å². The maximum atomic E-state index is 13.2. The lowest BCUT2D eigenvalue weighted by Gasteiger charge is -2.24. The highest BCUT2D eigenvalue weighted by Crippen LogP contribution is 2.29. The molecule has 51 heavy (non-hydrogen) atoms. The molecule has 4 aromatic rings. The van der Waals surface area contributed by atoms with Crippen molar-refractivity contribution in [3.05, 3.63) is 137 Å². The van der Waals surface area contributed by atoms with Crippen LogP contribution in [0.25, 0.3) is 0 Å². The first-order valence-electron chi connectivity index (χ1n) is 16.0. The van der Waals surface area contributed by atoms with E-state index >= 15 is 0 Å². The number of carboxylic acids is 1. The van der Waals surface area contributed by atoms with E-state index in [9.17, 15) is 28.3 Å². The van der Waals surface area contributed by atoms with E-state index in [1.54, 1.807) is 45.0 Å². The van der Waals surface area contributed by atoms with Gasteiger partial charge in [-0.3, -0.25) is 9.59 Å². The van der Waals surface area contributed by atoms with Crippen LogP contribution in [-0.2, 0) is 19.1 Å². The van der Waals surface area contributed by atoms with Crippen LogP contribution in [0.2, 0.25) is 0 Å². The molecule has 0 fully saturated rings. The molecule has 0 saturated heterocycles. The second-order valence-electron chi connectivity index (χ2n) is 13.1. The van der Waals surface area contributed by atoms with Crippen LogP contribution >= 0.6 is 0 Å². The van der Waals surface area contributed by atoms with Crippen molar-refractivity contribution in [1.82, 2.24) is 0 Å². The molecule has 0 spiro atoms. The Hall–Kier alpha value is -5.29. The van der Waals surface area contributed by atoms with Crippen molar-refractivity contribution < 1.29 is 42.5 Å². The smallest absolute Gasteiger partial charge is 0.405 e. The Labute approximate surface area is 299 Å². The van der Waals surface area contributed by atoms with Crippen LogP contribution in [0, 0.1) is 18.6 Å². The van der Waals surface area contributed by atoms with Crippen LogP contribution in [0.15, 0.2) is 97.1 Å². The normalized spacial score (nSPS) is 11.8. The van der Waals surface area contributed by atoms with Crippen LogP contribution < -0.4 is 16.2 Å². The van der Waals surface area contributed by atoms with Gasteiger partial charge in [-0.1, -0.05) is 72.3 Å². The number of ether oxygens (including phenoxy) is 3. The number of hydrogen-bond donors (Lipinski definition) is 3. The summed E-state index contributed by atoms with van der Waals surface area (Å²) >= 11 is 0. The number of benzene rings is 4. The third-order valence-corrected chi connectivity index (χ3v) is 6.51. The number of esters is 1. The van der Waals surface area contributed by atoms with E-state index in [0.29, 0.717) is 17.4 Å². The molecule has 9 nitrogen and oxygen atoms in total. The maximum absolute atomic E-state index is 13.2. The van der Waals surface area contributed by atoms with Gasteiger partial charge in [-0.25, -0.2) is 13.6 Å². The first-order chi connectivity index (χ1) is 23.8. The predicted octanol–water partition coefficient (Wildman–Crippen LogP) is 8.11. The number of carbonyl (C=O) groups excluding carboxylic acids is 2. The van der Waals surface area contributed by atoms with Gasteiger partial charge in [0.05, 0.1) is 7.11 Å². The van der Waals surface area contributed by atoms with Gasteiger partial charge >= 0.3 is 18.0 Å². The summed E-state index contributed by atoms with van der Waals surface area (Å²) in [6, 6.07) is 26.9. The summed E-state index contributed by atoms with van der Waals surface area (Å²) in [7, 11) is 2.99. The summed E-state index contributed by atoms with van der Waals surface area (Å²) in [5.74, 6) is -3.95. The van der Waals surface area contributed by atoms with Crippen molar-refractivity contribution in [3.63, 3.8) is 0 Å². The Kier molecular flexibility index (Phi) is 17.5. The number of methoxy groups -OCH3 is 1. The van der Waals surface area contributed by atoms with Gasteiger partial charge in [0.25, 0.3) is 0 Å². The summed E-state index contributed by atoms with van der Waals surface area (Å²) in [6.07, 6.45) is -0.725. The number of hydrogen-bond acceptors (Lipinski definition) is 7. The monoisotopic (exact) mass is 708 g/mol. The fourth-order valence-electron chi connectivity index (χ4n) is 4.55. The molecule has 0 bridgehead atoms. The van der Waals surface area contributed by atoms with Crippen LogP contribution in [-0.4, -0.2) is 48.5 Å². The average molecular weight is 709 g/mol. The number of carboxylic acid groups (broad SMARTS) is 1. The third-order valence-electron chi connectivity index (χ3n) is 6.51. The van der Waals surface area contributed by atoms with E-state index in [2.05, 4.69) is 10.5 Å². The topological polar surface area (TPSA) is 151 Å². The van der Waals surface area contributed by atoms with Crippen LogP contribution in [0.4, 0.5) is 13.6 Å². The summed E-state index contributed by atoms with van der Waals surface area (Å²) in [6.45, 7) is 13.0. The van der Waals surface area contributed by atoms with Crippen molar-refractivity contribution in [2.24, 2.45) is 11.5 Å². The fourth-order valence-corrected chi connectivity index (χ4v) is 4.55. The molecule has 1 amide bonds. The number of aliphatic carboxylic acids is 1. The predicted molar refractivity (Wildman–Crippen MR) is 195 cm³/mol. The summed E-state index contributed by atoms with van der Waals surface area (Å²) < 4.78 is 41.6.